The molecule has 0 atom stereocenters. The molecule has 0 aliphatic carbocycles. The third-order valence-electron chi connectivity index (χ3n) is 2.34. The molecule has 0 amide bonds. The summed E-state index contributed by atoms with van der Waals surface area (Å²) in [6.07, 6.45) is 3.00. The zero-order chi connectivity index (χ0) is 14.5. The molecule has 0 spiro atoms. The molecule has 0 aliphatic heterocycles. The summed E-state index contributed by atoms with van der Waals surface area (Å²) in [6, 6.07) is 6.77. The largest absolute Gasteiger partial charge is 0.461 e. The second kappa shape index (κ2) is 6.36. The van der Waals surface area contributed by atoms with Gasteiger partial charge in [0.05, 0.1) is 12.5 Å². The van der Waals surface area contributed by atoms with Gasteiger partial charge in [-0.3, -0.25) is 9.89 Å². The van der Waals surface area contributed by atoms with Gasteiger partial charge in [-0.1, -0.05) is 0 Å². The number of nitrogens with one attached hydrogen (secondary N) is 1. The van der Waals surface area contributed by atoms with E-state index < -0.39 is 5.24 Å². The van der Waals surface area contributed by atoms with Gasteiger partial charge < -0.3 is 13.4 Å². The van der Waals surface area contributed by atoms with Gasteiger partial charge in [0.1, 0.15) is 0 Å². The average Bonchev–Trinajstić information content (AvgIpc) is 3.14. The van der Waals surface area contributed by atoms with Crippen molar-refractivity contribution in [3.63, 3.8) is 0 Å². The molecule has 1 N–H and O–H groups in total. The Bertz CT molecular complexity index is 728. The van der Waals surface area contributed by atoms with Crippen LogP contribution in [-0.4, -0.2) is 20.0 Å². The van der Waals surface area contributed by atoms with Gasteiger partial charge in [0, 0.05) is 7.05 Å². The molecule has 8 heteroatoms. The zero-order valence-corrected chi connectivity index (χ0v) is 11.9. The Balaban J connectivity index is 0.000000160. The monoisotopic (exact) mass is 311 g/mol. The topological polar surface area (TPSA) is 77.0 Å². The van der Waals surface area contributed by atoms with Crippen LogP contribution in [0, 0.1) is 4.77 Å². The second-order valence-electron chi connectivity index (χ2n) is 3.64. The van der Waals surface area contributed by atoms with Gasteiger partial charge in [0.25, 0.3) is 5.24 Å². The maximum Gasteiger partial charge on any atom is 0.287 e. The van der Waals surface area contributed by atoms with Crippen LogP contribution < -0.4 is 0 Å². The van der Waals surface area contributed by atoms with Crippen molar-refractivity contribution in [1.82, 2.24) is 14.8 Å². The Morgan fingerprint density at radius 2 is 2.05 bits per heavy atom. The number of halogens is 1. The first-order valence-electron chi connectivity index (χ1n) is 5.48. The van der Waals surface area contributed by atoms with Gasteiger partial charge in [0.15, 0.2) is 22.1 Å². The van der Waals surface area contributed by atoms with Crippen LogP contribution in [0.5, 0.6) is 0 Å². The SMILES string of the molecule is Cn1c(-c2ccco2)n[nH]c1=S.O=C(Cl)c1ccco1. The molecule has 3 aromatic rings. The highest BCUT2D eigenvalue weighted by Gasteiger charge is 2.06. The number of H-pyrrole nitrogens is 1. The lowest BCUT2D eigenvalue weighted by molar-refractivity contribution is 0.105. The molecule has 3 aromatic heterocycles. The summed E-state index contributed by atoms with van der Waals surface area (Å²) in [4.78, 5) is 10.2. The van der Waals surface area contributed by atoms with Crippen LogP contribution in [-0.2, 0) is 7.05 Å². The maximum atomic E-state index is 10.2. The first kappa shape index (κ1) is 14.3. The summed E-state index contributed by atoms with van der Waals surface area (Å²) in [5.41, 5.74) is 0. The summed E-state index contributed by atoms with van der Waals surface area (Å²) < 4.78 is 12.1. The summed E-state index contributed by atoms with van der Waals surface area (Å²) in [5.74, 6) is 1.61. The molecular weight excluding hydrogens is 302 g/mol. The van der Waals surface area contributed by atoms with E-state index in [9.17, 15) is 4.79 Å². The Labute approximate surface area is 124 Å². The molecule has 0 saturated carbocycles. The Kier molecular flexibility index (Phi) is 4.54. The predicted octanol–water partition coefficient (Wildman–Crippen LogP) is 3.40. The highest BCUT2D eigenvalue weighted by molar-refractivity contribution is 7.71. The summed E-state index contributed by atoms with van der Waals surface area (Å²) in [5, 5.41) is 6.13. The molecule has 0 bridgehead atoms. The van der Waals surface area contributed by atoms with Crippen molar-refractivity contribution in [2.75, 3.05) is 0 Å². The quantitative estimate of drug-likeness (QED) is 0.580. The highest BCUT2D eigenvalue weighted by atomic mass is 35.5. The number of hydrogen-bond acceptors (Lipinski definition) is 5. The fourth-order valence-electron chi connectivity index (χ4n) is 1.36. The van der Waals surface area contributed by atoms with Gasteiger partial charge in [0.2, 0.25) is 0 Å². The molecule has 3 rings (SSSR count). The van der Waals surface area contributed by atoms with Gasteiger partial charge in [-0.25, -0.2) is 0 Å². The molecule has 3 heterocycles. The molecule has 104 valence electrons. The van der Waals surface area contributed by atoms with Crippen molar-refractivity contribution in [3.8, 4) is 11.6 Å². The summed E-state index contributed by atoms with van der Waals surface area (Å²) >= 11 is 9.96. The van der Waals surface area contributed by atoms with Crippen molar-refractivity contribution in [1.29, 1.82) is 0 Å². The van der Waals surface area contributed by atoms with Crippen molar-refractivity contribution in [2.45, 2.75) is 0 Å². The fourth-order valence-corrected chi connectivity index (χ4v) is 1.60. The van der Waals surface area contributed by atoms with Crippen LogP contribution >= 0.6 is 23.8 Å². The van der Waals surface area contributed by atoms with Crippen LogP contribution in [0.1, 0.15) is 10.6 Å². The number of hydrogen-bond donors (Lipinski definition) is 1. The molecule has 0 unspecified atom stereocenters. The van der Waals surface area contributed by atoms with E-state index >= 15 is 0 Å². The van der Waals surface area contributed by atoms with E-state index in [0.29, 0.717) is 16.4 Å². The molecule has 6 nitrogen and oxygen atoms in total. The number of carbonyl (C=O) groups is 1. The molecule has 0 aliphatic rings. The van der Waals surface area contributed by atoms with Crippen LogP contribution in [0.4, 0.5) is 0 Å². The van der Waals surface area contributed by atoms with E-state index in [2.05, 4.69) is 14.6 Å². The van der Waals surface area contributed by atoms with E-state index in [-0.39, 0.29) is 5.76 Å². The average molecular weight is 312 g/mol. The third kappa shape index (κ3) is 3.25. The molecule has 0 radical (unpaired) electrons. The summed E-state index contributed by atoms with van der Waals surface area (Å²) in [7, 11) is 1.84. The fraction of sp³-hybridized carbons (Fsp3) is 0.0833. The lowest BCUT2D eigenvalue weighted by Crippen LogP contribution is -1.90. The van der Waals surface area contributed by atoms with Gasteiger partial charge >= 0.3 is 0 Å². The van der Waals surface area contributed by atoms with Crippen molar-refractivity contribution < 1.29 is 13.6 Å². The molecule has 0 aromatic carbocycles. The maximum absolute atomic E-state index is 10.2. The van der Waals surface area contributed by atoms with Crippen LogP contribution in [0.15, 0.2) is 45.6 Å². The van der Waals surface area contributed by atoms with E-state index in [4.69, 9.17) is 28.2 Å². The van der Waals surface area contributed by atoms with E-state index in [1.807, 2.05) is 19.2 Å². The number of carbonyl (C=O) groups excluding carboxylic acids is 1. The van der Waals surface area contributed by atoms with Gasteiger partial charge in [-0.2, -0.15) is 5.10 Å². The molecular formula is C12H10ClN3O3S. The van der Waals surface area contributed by atoms with E-state index in [1.54, 1.807) is 16.9 Å². The number of rotatable bonds is 2. The zero-order valence-electron chi connectivity index (χ0n) is 10.4. The van der Waals surface area contributed by atoms with Crippen LogP contribution in [0.3, 0.4) is 0 Å². The first-order chi connectivity index (χ1) is 9.59. The number of aromatic nitrogens is 3. The Morgan fingerprint density at radius 1 is 1.35 bits per heavy atom. The summed E-state index contributed by atoms with van der Waals surface area (Å²) in [6.45, 7) is 0. The first-order valence-corrected chi connectivity index (χ1v) is 6.27. The van der Waals surface area contributed by atoms with Gasteiger partial charge in [-0.05, 0) is 48.1 Å². The number of furan rings is 2. The van der Waals surface area contributed by atoms with Gasteiger partial charge in [-0.15, -0.1) is 0 Å². The third-order valence-corrected chi connectivity index (χ3v) is 2.89. The number of aromatic amines is 1. The van der Waals surface area contributed by atoms with Crippen molar-refractivity contribution in [3.05, 3.63) is 47.3 Å². The minimum Gasteiger partial charge on any atom is -0.461 e. The normalized spacial score (nSPS) is 9.90. The minimum absolute atomic E-state index is 0.187. The van der Waals surface area contributed by atoms with Crippen LogP contribution in [0.25, 0.3) is 11.6 Å². The van der Waals surface area contributed by atoms with E-state index in [0.717, 1.165) is 0 Å². The minimum atomic E-state index is -0.560. The van der Waals surface area contributed by atoms with Crippen molar-refractivity contribution >= 4 is 29.1 Å². The smallest absolute Gasteiger partial charge is 0.287 e. The molecule has 20 heavy (non-hydrogen) atoms. The Hall–Kier alpha value is -2.12. The lowest BCUT2D eigenvalue weighted by atomic mass is 10.4. The highest BCUT2D eigenvalue weighted by Crippen LogP contribution is 2.15. The standard InChI is InChI=1S/C7H7N3OS.C5H3ClO2/c1-10-6(8-9-7(10)12)5-3-2-4-11-5;6-5(7)4-2-1-3-8-4/h2-4H,1H3,(H,9,12);1-3H. The van der Waals surface area contributed by atoms with Crippen LogP contribution in [0.2, 0.25) is 0 Å². The lowest BCUT2D eigenvalue weighted by Gasteiger charge is -1.93. The van der Waals surface area contributed by atoms with E-state index in [1.165, 1.54) is 12.3 Å². The number of nitrogens with zero attached hydrogens (tertiary/aromatic N) is 2. The second-order valence-corrected chi connectivity index (χ2v) is 4.37. The van der Waals surface area contributed by atoms with Crippen molar-refractivity contribution in [2.24, 2.45) is 7.05 Å². The molecule has 0 fully saturated rings. The Morgan fingerprint density at radius 3 is 2.45 bits per heavy atom. The predicted molar refractivity (Wildman–Crippen MR) is 75.0 cm³/mol. The molecule has 0 saturated heterocycles.